The zero-order valence-corrected chi connectivity index (χ0v) is 14.4. The molecule has 0 aromatic carbocycles. The number of carbonyl (C=O) groups excluding carboxylic acids is 1. The summed E-state index contributed by atoms with van der Waals surface area (Å²) in [5.74, 6) is 0.932. The molecule has 2 aliphatic heterocycles. The van der Waals surface area contributed by atoms with Crippen molar-refractivity contribution in [1.29, 1.82) is 0 Å². The van der Waals surface area contributed by atoms with E-state index in [-0.39, 0.29) is 16.8 Å². The molecule has 0 bridgehead atoms. The number of likely N-dealkylation sites (tertiary alicyclic amines) is 1. The smallest absolute Gasteiger partial charge is 0.275 e. The highest BCUT2D eigenvalue weighted by molar-refractivity contribution is 8.01. The molecule has 6 nitrogen and oxygen atoms in total. The minimum atomic E-state index is -0.0488. The van der Waals surface area contributed by atoms with Gasteiger partial charge in [0, 0.05) is 24.2 Å². The second-order valence-electron chi connectivity index (χ2n) is 6.02. The molecule has 23 heavy (non-hydrogen) atoms. The number of thioether (sulfide) groups is 1. The largest absolute Gasteiger partial charge is 0.451 e. The van der Waals surface area contributed by atoms with Gasteiger partial charge < -0.3 is 14.1 Å². The van der Waals surface area contributed by atoms with Gasteiger partial charge in [-0.25, -0.2) is 9.97 Å². The minimum Gasteiger partial charge on any atom is -0.451 e. The molecule has 1 atom stereocenters. The molecule has 2 saturated heterocycles. The maximum atomic E-state index is 12.2. The summed E-state index contributed by atoms with van der Waals surface area (Å²) in [4.78, 5) is 22.4. The van der Waals surface area contributed by atoms with Crippen molar-refractivity contribution in [2.45, 2.75) is 30.8 Å². The van der Waals surface area contributed by atoms with E-state index in [1.165, 1.54) is 12.7 Å². The Hall–Kier alpha value is -1.38. The lowest BCUT2D eigenvalue weighted by Crippen LogP contribution is -2.60. The van der Waals surface area contributed by atoms with Gasteiger partial charge in [0.1, 0.15) is 6.26 Å². The zero-order chi connectivity index (χ0) is 15.9. The normalized spacial score (nSPS) is 22.5. The Morgan fingerprint density at radius 3 is 3.13 bits per heavy atom. The van der Waals surface area contributed by atoms with Crippen molar-refractivity contribution in [3.8, 4) is 0 Å². The van der Waals surface area contributed by atoms with Crippen molar-refractivity contribution in [2.75, 3.05) is 18.8 Å². The van der Waals surface area contributed by atoms with Crippen molar-refractivity contribution in [3.63, 3.8) is 0 Å². The Kier molecular flexibility index (Phi) is 3.90. The third kappa shape index (κ3) is 3.02. The molecular formula is C15H17N3O3S2. The number of amides is 1. The van der Waals surface area contributed by atoms with Crippen LogP contribution in [0.5, 0.6) is 0 Å². The zero-order valence-electron chi connectivity index (χ0n) is 12.7. The fourth-order valence-corrected chi connectivity index (χ4v) is 5.23. The molecule has 1 amide bonds. The SMILES string of the molecule is Cc1nc(CO[C@@H]2CSC3(C2)CN(C(=O)c2cocn2)C3)cs1. The molecule has 0 aliphatic carbocycles. The molecule has 4 rings (SSSR count). The fourth-order valence-electron chi connectivity index (χ4n) is 3.08. The number of hydrogen-bond donors (Lipinski definition) is 0. The number of ether oxygens (including phenoxy) is 1. The number of aromatic nitrogens is 2. The Bertz CT molecular complexity index is 695. The summed E-state index contributed by atoms with van der Waals surface area (Å²) >= 11 is 3.57. The van der Waals surface area contributed by atoms with E-state index in [9.17, 15) is 4.79 Å². The van der Waals surface area contributed by atoms with Crippen molar-refractivity contribution >= 4 is 29.0 Å². The highest BCUT2D eigenvalue weighted by atomic mass is 32.2. The summed E-state index contributed by atoms with van der Waals surface area (Å²) in [6, 6.07) is 0. The summed E-state index contributed by atoms with van der Waals surface area (Å²) in [6.45, 7) is 4.11. The highest BCUT2D eigenvalue weighted by Crippen LogP contribution is 2.46. The van der Waals surface area contributed by atoms with Gasteiger partial charge in [0.15, 0.2) is 12.1 Å². The van der Waals surface area contributed by atoms with Crippen LogP contribution >= 0.6 is 23.1 Å². The second-order valence-corrected chi connectivity index (χ2v) is 8.57. The van der Waals surface area contributed by atoms with Crippen LogP contribution in [0.15, 0.2) is 22.5 Å². The number of rotatable bonds is 4. The van der Waals surface area contributed by atoms with Crippen LogP contribution in [-0.2, 0) is 11.3 Å². The third-order valence-electron chi connectivity index (χ3n) is 4.21. The summed E-state index contributed by atoms with van der Waals surface area (Å²) in [5, 5.41) is 3.12. The summed E-state index contributed by atoms with van der Waals surface area (Å²) in [6.07, 6.45) is 3.92. The van der Waals surface area contributed by atoms with Gasteiger partial charge in [-0.2, -0.15) is 0 Å². The molecule has 4 heterocycles. The summed E-state index contributed by atoms with van der Waals surface area (Å²) in [7, 11) is 0. The van der Waals surface area contributed by atoms with E-state index in [0.29, 0.717) is 12.3 Å². The molecule has 8 heteroatoms. The van der Waals surface area contributed by atoms with Crippen LogP contribution in [0.4, 0.5) is 0 Å². The van der Waals surface area contributed by atoms with Crippen LogP contribution in [0.2, 0.25) is 0 Å². The van der Waals surface area contributed by atoms with Crippen LogP contribution in [0.25, 0.3) is 0 Å². The number of nitrogens with zero attached hydrogens (tertiary/aromatic N) is 3. The average Bonchev–Trinajstić information content (AvgIpc) is 3.23. The predicted octanol–water partition coefficient (Wildman–Crippen LogP) is 2.36. The van der Waals surface area contributed by atoms with Gasteiger partial charge in [-0.3, -0.25) is 4.79 Å². The highest BCUT2D eigenvalue weighted by Gasteiger charge is 2.51. The van der Waals surface area contributed by atoms with Gasteiger partial charge in [0.25, 0.3) is 5.91 Å². The number of hydrogen-bond acceptors (Lipinski definition) is 7. The Morgan fingerprint density at radius 1 is 1.57 bits per heavy atom. The van der Waals surface area contributed by atoms with Gasteiger partial charge >= 0.3 is 0 Å². The predicted molar refractivity (Wildman–Crippen MR) is 87.6 cm³/mol. The molecule has 2 aliphatic rings. The monoisotopic (exact) mass is 351 g/mol. The van der Waals surface area contributed by atoms with Gasteiger partial charge in [0.2, 0.25) is 0 Å². The van der Waals surface area contributed by atoms with Crippen LogP contribution in [0.1, 0.15) is 27.6 Å². The van der Waals surface area contributed by atoms with Crippen molar-refractivity contribution in [3.05, 3.63) is 34.4 Å². The number of oxazole rings is 1. The first kappa shape index (κ1) is 15.2. The first-order valence-electron chi connectivity index (χ1n) is 7.48. The van der Waals surface area contributed by atoms with E-state index in [2.05, 4.69) is 15.3 Å². The maximum absolute atomic E-state index is 12.2. The van der Waals surface area contributed by atoms with Crippen molar-refractivity contribution in [2.24, 2.45) is 0 Å². The van der Waals surface area contributed by atoms with E-state index in [4.69, 9.17) is 9.15 Å². The van der Waals surface area contributed by atoms with Gasteiger partial charge in [0.05, 0.1) is 28.2 Å². The lowest BCUT2D eigenvalue weighted by molar-refractivity contribution is 0.0244. The standard InChI is InChI=1S/C15H17N3O3S2/c1-10-17-11(5-22-10)3-21-12-2-15(23-6-12)7-18(8-15)14(19)13-4-20-9-16-13/h4-5,9,12H,2-3,6-8H2,1H3/t12-/m0/s1. The lowest BCUT2D eigenvalue weighted by atomic mass is 9.92. The van der Waals surface area contributed by atoms with Crippen molar-refractivity contribution in [1.82, 2.24) is 14.9 Å². The molecule has 122 valence electrons. The third-order valence-corrected chi connectivity index (χ3v) is 6.60. The second kappa shape index (κ2) is 5.92. The topological polar surface area (TPSA) is 68.5 Å². The van der Waals surface area contributed by atoms with E-state index >= 15 is 0 Å². The molecule has 2 aromatic rings. The van der Waals surface area contributed by atoms with E-state index < -0.39 is 0 Å². The molecule has 0 N–H and O–H groups in total. The van der Waals surface area contributed by atoms with Gasteiger partial charge in [-0.1, -0.05) is 0 Å². The summed E-state index contributed by atoms with van der Waals surface area (Å²) in [5.41, 5.74) is 1.39. The van der Waals surface area contributed by atoms with E-state index in [1.807, 2.05) is 23.6 Å². The first-order valence-corrected chi connectivity index (χ1v) is 9.34. The molecule has 2 aromatic heterocycles. The fraction of sp³-hybridized carbons (Fsp3) is 0.533. The Morgan fingerprint density at radius 2 is 2.43 bits per heavy atom. The molecular weight excluding hydrogens is 334 g/mol. The van der Waals surface area contributed by atoms with Gasteiger partial charge in [-0.15, -0.1) is 23.1 Å². The van der Waals surface area contributed by atoms with Gasteiger partial charge in [-0.05, 0) is 13.3 Å². The molecule has 0 saturated carbocycles. The van der Waals surface area contributed by atoms with Crippen molar-refractivity contribution < 1.29 is 13.9 Å². The number of thiazole rings is 1. The van der Waals surface area contributed by atoms with E-state index in [0.717, 1.165) is 36.0 Å². The average molecular weight is 351 g/mol. The van der Waals surface area contributed by atoms with Crippen LogP contribution in [-0.4, -0.2) is 50.5 Å². The number of aryl methyl sites for hydroxylation is 1. The number of carbonyl (C=O) groups is 1. The quantitative estimate of drug-likeness (QED) is 0.842. The Balaban J connectivity index is 1.27. The lowest BCUT2D eigenvalue weighted by Gasteiger charge is -2.47. The Labute approximate surface area is 142 Å². The van der Waals surface area contributed by atoms with E-state index in [1.54, 1.807) is 11.3 Å². The van der Waals surface area contributed by atoms with Crippen LogP contribution in [0.3, 0.4) is 0 Å². The summed E-state index contributed by atoms with van der Waals surface area (Å²) < 4.78 is 11.0. The van der Waals surface area contributed by atoms with Crippen LogP contribution < -0.4 is 0 Å². The van der Waals surface area contributed by atoms with Crippen LogP contribution in [0, 0.1) is 6.92 Å². The first-order chi connectivity index (χ1) is 11.1. The molecule has 0 unspecified atom stereocenters. The minimum absolute atomic E-state index is 0.0488. The maximum Gasteiger partial charge on any atom is 0.275 e. The molecule has 1 spiro atoms. The molecule has 2 fully saturated rings. The molecule has 0 radical (unpaired) electrons.